The van der Waals surface area contributed by atoms with E-state index in [9.17, 15) is 4.48 Å². The molecule has 0 spiro atoms. The van der Waals surface area contributed by atoms with E-state index in [4.69, 9.17) is 0 Å². The van der Waals surface area contributed by atoms with E-state index in [2.05, 4.69) is 18.2 Å². The van der Waals surface area contributed by atoms with Crippen molar-refractivity contribution < 1.29 is 4.48 Å². The quantitative estimate of drug-likeness (QED) is 0.533. The van der Waals surface area contributed by atoms with Crippen molar-refractivity contribution in [3.8, 4) is 0 Å². The maximum absolute atomic E-state index is 12.8. The summed E-state index contributed by atoms with van der Waals surface area (Å²) in [5.41, 5.74) is 3.65. The summed E-state index contributed by atoms with van der Waals surface area (Å²) in [6.07, 6.45) is 0.839. The topological polar surface area (TPSA) is 3.24 Å². The number of hydrogen-bond acceptors (Lipinski definition) is 1. The van der Waals surface area contributed by atoms with Crippen molar-refractivity contribution in [2.45, 2.75) is 19.9 Å². The van der Waals surface area contributed by atoms with Gasteiger partial charge in [0.25, 0.3) is 0 Å². The molecule has 1 heterocycles. The Bertz CT molecular complexity index is 296. The molecule has 64 valence electrons. The smallest absolute Gasteiger partial charge is 0.0543 e. The summed E-state index contributed by atoms with van der Waals surface area (Å²) in [4.78, 5) is 0. The summed E-state index contributed by atoms with van der Waals surface area (Å²) in [6, 6.07) is 6.27. The molecule has 0 bridgehead atoms. The van der Waals surface area contributed by atoms with Gasteiger partial charge in [-0.15, -0.1) is 9.60 Å². The second kappa shape index (κ2) is 2.87. The van der Waals surface area contributed by atoms with Gasteiger partial charge in [0, 0.05) is 6.54 Å². The lowest BCUT2D eigenvalue weighted by atomic mass is 9.99. The van der Waals surface area contributed by atoms with Crippen molar-refractivity contribution in [1.29, 1.82) is 0 Å². The third kappa shape index (κ3) is 1.34. The normalized spacial score (nSPS) is 17.5. The van der Waals surface area contributed by atoms with E-state index in [-0.39, 0.29) is 0 Å². The van der Waals surface area contributed by atoms with Crippen LogP contribution in [-0.2, 0) is 13.0 Å². The van der Waals surface area contributed by atoms with Gasteiger partial charge in [-0.25, -0.2) is 0 Å². The highest BCUT2D eigenvalue weighted by atomic mass is 19.2. The first-order valence-electron chi connectivity index (χ1n) is 4.25. The number of benzene rings is 1. The van der Waals surface area contributed by atoms with Crippen molar-refractivity contribution in [3.05, 3.63) is 34.9 Å². The van der Waals surface area contributed by atoms with Gasteiger partial charge in [0.2, 0.25) is 0 Å². The Balaban J connectivity index is 2.37. The van der Waals surface area contributed by atoms with E-state index < -0.39 is 0 Å². The summed E-state index contributed by atoms with van der Waals surface area (Å²) in [5.74, 6) is 0. The number of hydrogen-bond donors (Lipinski definition) is 0. The molecule has 0 fully saturated rings. The molecular weight excluding hydrogens is 153 g/mol. The maximum Gasteiger partial charge on any atom is 0.0543 e. The maximum atomic E-state index is 12.8. The highest BCUT2D eigenvalue weighted by Gasteiger charge is 2.14. The van der Waals surface area contributed by atoms with Crippen molar-refractivity contribution in [3.63, 3.8) is 0 Å². The minimum Gasteiger partial charge on any atom is -0.142 e. The Labute approximate surface area is 71.7 Å². The minimum atomic E-state index is 0.455. The number of nitrogens with zero attached hydrogens (tertiary/aromatic N) is 1. The molecule has 0 radical (unpaired) electrons. The summed E-state index contributed by atoms with van der Waals surface area (Å²) in [7, 11) is 0. The molecule has 0 aliphatic carbocycles. The second-order valence-electron chi connectivity index (χ2n) is 3.37. The molecule has 0 aromatic heterocycles. The molecule has 1 aromatic rings. The van der Waals surface area contributed by atoms with Gasteiger partial charge in [0.05, 0.1) is 6.54 Å². The first-order chi connectivity index (χ1) is 5.75. The van der Waals surface area contributed by atoms with Gasteiger partial charge in [-0.1, -0.05) is 23.8 Å². The van der Waals surface area contributed by atoms with Crippen LogP contribution in [0.4, 0.5) is 4.48 Å². The Kier molecular flexibility index (Phi) is 1.85. The lowest BCUT2D eigenvalue weighted by Gasteiger charge is -2.21. The molecule has 2 rings (SSSR count). The number of halogens is 1. The molecule has 0 amide bonds. The number of fused-ring (bicyclic) bond motifs is 1. The predicted molar refractivity (Wildman–Crippen MR) is 46.4 cm³/mol. The van der Waals surface area contributed by atoms with Gasteiger partial charge < -0.3 is 0 Å². The fourth-order valence-corrected chi connectivity index (χ4v) is 1.65. The van der Waals surface area contributed by atoms with Crippen LogP contribution in [0.2, 0.25) is 0 Å². The molecule has 0 saturated carbocycles. The van der Waals surface area contributed by atoms with Crippen LogP contribution in [0.25, 0.3) is 0 Å². The molecule has 0 atom stereocenters. The zero-order chi connectivity index (χ0) is 8.55. The molecule has 2 heteroatoms. The van der Waals surface area contributed by atoms with Crippen molar-refractivity contribution >= 4 is 0 Å². The lowest BCUT2D eigenvalue weighted by Crippen LogP contribution is -2.23. The minimum absolute atomic E-state index is 0.455. The van der Waals surface area contributed by atoms with Crippen LogP contribution in [0.3, 0.4) is 0 Å². The molecule has 1 aliphatic heterocycles. The van der Waals surface area contributed by atoms with E-state index in [1.165, 1.54) is 11.1 Å². The zero-order valence-electron chi connectivity index (χ0n) is 7.18. The summed E-state index contributed by atoms with van der Waals surface area (Å²) in [6.45, 7) is 3.03. The fourth-order valence-electron chi connectivity index (χ4n) is 1.65. The van der Waals surface area contributed by atoms with Crippen LogP contribution in [0.1, 0.15) is 16.7 Å². The van der Waals surface area contributed by atoms with Crippen LogP contribution in [0, 0.1) is 6.92 Å². The predicted octanol–water partition coefficient (Wildman–Crippen LogP) is 2.24. The zero-order valence-corrected chi connectivity index (χ0v) is 7.18. The molecule has 1 aromatic carbocycles. The van der Waals surface area contributed by atoms with E-state index in [0.29, 0.717) is 13.1 Å². The molecular formula is C10H12FN. The Morgan fingerprint density at radius 1 is 1.33 bits per heavy atom. The summed E-state index contributed by atoms with van der Waals surface area (Å²) < 4.78 is 12.8. The summed E-state index contributed by atoms with van der Waals surface area (Å²) >= 11 is 0. The summed E-state index contributed by atoms with van der Waals surface area (Å²) in [5, 5.41) is 0.877. The molecule has 0 N–H and O–H groups in total. The molecule has 0 saturated heterocycles. The van der Waals surface area contributed by atoms with Crippen molar-refractivity contribution in [2.75, 3.05) is 6.54 Å². The first-order valence-corrected chi connectivity index (χ1v) is 4.25. The largest absolute Gasteiger partial charge is 0.142 e. The molecule has 1 nitrogen and oxygen atoms in total. The van der Waals surface area contributed by atoms with Crippen molar-refractivity contribution in [1.82, 2.24) is 5.12 Å². The Hall–Kier alpha value is -0.890. The standard InChI is InChI=1S/C10H12FN/c1-8-2-3-9-4-5-12(11)7-10(9)6-8/h2-3,6H,4-5,7H2,1H3. The van der Waals surface area contributed by atoms with Gasteiger partial charge in [-0.3, -0.25) is 0 Å². The lowest BCUT2D eigenvalue weighted by molar-refractivity contribution is 0.0103. The van der Waals surface area contributed by atoms with E-state index in [1.54, 1.807) is 0 Å². The third-order valence-corrected chi connectivity index (χ3v) is 2.33. The van der Waals surface area contributed by atoms with Gasteiger partial charge in [0.1, 0.15) is 0 Å². The Morgan fingerprint density at radius 2 is 2.17 bits per heavy atom. The monoisotopic (exact) mass is 165 g/mol. The number of rotatable bonds is 0. The van der Waals surface area contributed by atoms with Crippen LogP contribution >= 0.6 is 0 Å². The fraction of sp³-hybridized carbons (Fsp3) is 0.400. The molecule has 1 aliphatic rings. The van der Waals surface area contributed by atoms with Gasteiger partial charge in [0.15, 0.2) is 0 Å². The highest BCUT2D eigenvalue weighted by molar-refractivity contribution is 5.32. The van der Waals surface area contributed by atoms with Crippen LogP contribution < -0.4 is 0 Å². The molecule has 12 heavy (non-hydrogen) atoms. The number of aryl methyl sites for hydroxylation is 1. The van der Waals surface area contributed by atoms with Crippen molar-refractivity contribution in [2.24, 2.45) is 0 Å². The first kappa shape index (κ1) is 7.74. The average molecular weight is 165 g/mol. The van der Waals surface area contributed by atoms with Crippen LogP contribution in [0.5, 0.6) is 0 Å². The van der Waals surface area contributed by atoms with Gasteiger partial charge in [-0.2, -0.15) is 0 Å². The van der Waals surface area contributed by atoms with Crippen LogP contribution in [0.15, 0.2) is 18.2 Å². The van der Waals surface area contributed by atoms with E-state index in [0.717, 1.165) is 17.1 Å². The highest BCUT2D eigenvalue weighted by Crippen LogP contribution is 2.19. The Morgan fingerprint density at radius 3 is 3.00 bits per heavy atom. The van der Waals surface area contributed by atoms with Crippen LogP contribution in [-0.4, -0.2) is 11.7 Å². The van der Waals surface area contributed by atoms with E-state index in [1.807, 2.05) is 6.92 Å². The van der Waals surface area contributed by atoms with Gasteiger partial charge >= 0.3 is 0 Å². The molecule has 0 unspecified atom stereocenters. The van der Waals surface area contributed by atoms with E-state index >= 15 is 0 Å². The second-order valence-corrected chi connectivity index (χ2v) is 3.37. The van der Waals surface area contributed by atoms with Gasteiger partial charge in [-0.05, 0) is 24.5 Å². The third-order valence-electron chi connectivity index (χ3n) is 2.33. The average Bonchev–Trinajstić information content (AvgIpc) is 2.03. The SMILES string of the molecule is Cc1ccc2c(c1)CN(F)CC2.